The molecule has 1 aromatic heterocycles. The summed E-state index contributed by atoms with van der Waals surface area (Å²) in [5.74, 6) is 0.776. The second-order valence-corrected chi connectivity index (χ2v) is 3.98. The fourth-order valence-electron chi connectivity index (χ4n) is 1.01. The predicted octanol–water partition coefficient (Wildman–Crippen LogP) is 1.19. The Bertz CT molecular complexity index is 279. The van der Waals surface area contributed by atoms with Crippen LogP contribution in [0.25, 0.3) is 0 Å². The molecule has 0 spiro atoms. The van der Waals surface area contributed by atoms with E-state index in [1.54, 1.807) is 0 Å². The standard InChI is InChI=1S/C10H18N4/c1-4-8-5-6-9(14-13-8)12-10(2,3)7-11/h5-6H,4,7,11H2,1-3H3,(H,12,14). The van der Waals surface area contributed by atoms with E-state index in [0.29, 0.717) is 6.54 Å². The van der Waals surface area contributed by atoms with Crippen molar-refractivity contribution in [1.82, 2.24) is 10.2 Å². The van der Waals surface area contributed by atoms with Gasteiger partial charge in [0, 0.05) is 12.1 Å². The maximum Gasteiger partial charge on any atom is 0.149 e. The van der Waals surface area contributed by atoms with Crippen LogP contribution in [-0.4, -0.2) is 22.3 Å². The number of hydrogen-bond donors (Lipinski definition) is 2. The van der Waals surface area contributed by atoms with Gasteiger partial charge in [0.2, 0.25) is 0 Å². The van der Waals surface area contributed by atoms with E-state index >= 15 is 0 Å². The summed E-state index contributed by atoms with van der Waals surface area (Å²) in [5, 5.41) is 11.3. The Balaban J connectivity index is 2.69. The van der Waals surface area contributed by atoms with Crippen molar-refractivity contribution in [3.05, 3.63) is 17.8 Å². The number of aromatic nitrogens is 2. The molecule has 0 aliphatic rings. The van der Waals surface area contributed by atoms with Gasteiger partial charge in [0.15, 0.2) is 0 Å². The molecule has 4 nitrogen and oxygen atoms in total. The third-order valence-electron chi connectivity index (χ3n) is 2.06. The molecule has 0 atom stereocenters. The molecule has 0 aliphatic heterocycles. The van der Waals surface area contributed by atoms with E-state index in [0.717, 1.165) is 17.9 Å². The topological polar surface area (TPSA) is 63.8 Å². The average Bonchev–Trinajstić information content (AvgIpc) is 2.19. The van der Waals surface area contributed by atoms with Crippen molar-refractivity contribution in [2.45, 2.75) is 32.7 Å². The summed E-state index contributed by atoms with van der Waals surface area (Å²) >= 11 is 0. The first kappa shape index (κ1) is 10.9. The Morgan fingerprint density at radius 1 is 1.36 bits per heavy atom. The lowest BCUT2D eigenvalue weighted by Crippen LogP contribution is -2.39. The van der Waals surface area contributed by atoms with Gasteiger partial charge in [-0.15, -0.1) is 5.10 Å². The number of nitrogens with two attached hydrogens (primary N) is 1. The van der Waals surface area contributed by atoms with Crippen LogP contribution in [0.2, 0.25) is 0 Å². The van der Waals surface area contributed by atoms with Gasteiger partial charge in [-0.25, -0.2) is 0 Å². The number of rotatable bonds is 4. The Morgan fingerprint density at radius 3 is 2.50 bits per heavy atom. The zero-order chi connectivity index (χ0) is 10.6. The zero-order valence-electron chi connectivity index (χ0n) is 9.04. The molecule has 78 valence electrons. The fourth-order valence-corrected chi connectivity index (χ4v) is 1.01. The number of hydrogen-bond acceptors (Lipinski definition) is 4. The average molecular weight is 194 g/mol. The first-order valence-corrected chi connectivity index (χ1v) is 4.88. The lowest BCUT2D eigenvalue weighted by Gasteiger charge is -2.24. The molecule has 1 rings (SSSR count). The van der Waals surface area contributed by atoms with Crippen LogP contribution in [0.5, 0.6) is 0 Å². The van der Waals surface area contributed by atoms with Crippen LogP contribution in [0.3, 0.4) is 0 Å². The Kier molecular flexibility index (Phi) is 3.41. The van der Waals surface area contributed by atoms with Gasteiger partial charge in [-0.05, 0) is 32.4 Å². The molecule has 14 heavy (non-hydrogen) atoms. The van der Waals surface area contributed by atoms with E-state index in [1.807, 2.05) is 26.0 Å². The van der Waals surface area contributed by atoms with Gasteiger partial charge in [0.25, 0.3) is 0 Å². The Labute approximate surface area is 84.9 Å². The molecule has 1 heterocycles. The van der Waals surface area contributed by atoms with Crippen molar-refractivity contribution >= 4 is 5.82 Å². The smallest absolute Gasteiger partial charge is 0.149 e. The van der Waals surface area contributed by atoms with Crippen LogP contribution in [0.15, 0.2) is 12.1 Å². The summed E-state index contributed by atoms with van der Waals surface area (Å²) in [6, 6.07) is 3.91. The lowest BCUT2D eigenvalue weighted by atomic mass is 10.1. The molecule has 3 N–H and O–H groups in total. The fraction of sp³-hybridized carbons (Fsp3) is 0.600. The molecule has 0 bridgehead atoms. The van der Waals surface area contributed by atoms with E-state index < -0.39 is 0 Å². The van der Waals surface area contributed by atoms with Crippen molar-refractivity contribution in [2.75, 3.05) is 11.9 Å². The van der Waals surface area contributed by atoms with Crippen LogP contribution < -0.4 is 11.1 Å². The summed E-state index contributed by atoms with van der Waals surface area (Å²) < 4.78 is 0. The van der Waals surface area contributed by atoms with Crippen molar-refractivity contribution in [1.29, 1.82) is 0 Å². The summed E-state index contributed by atoms with van der Waals surface area (Å²) in [7, 11) is 0. The van der Waals surface area contributed by atoms with E-state index in [1.165, 1.54) is 0 Å². The highest BCUT2D eigenvalue weighted by molar-refractivity contribution is 5.36. The Hall–Kier alpha value is -1.16. The highest BCUT2D eigenvalue weighted by Gasteiger charge is 2.15. The molecule has 0 unspecified atom stereocenters. The van der Waals surface area contributed by atoms with Crippen LogP contribution in [-0.2, 0) is 6.42 Å². The molecule has 0 fully saturated rings. The molecular formula is C10H18N4. The highest BCUT2D eigenvalue weighted by atomic mass is 15.2. The molecule has 0 aromatic carbocycles. The first-order valence-electron chi connectivity index (χ1n) is 4.88. The van der Waals surface area contributed by atoms with Crippen molar-refractivity contribution < 1.29 is 0 Å². The van der Waals surface area contributed by atoms with Crippen molar-refractivity contribution in [3.63, 3.8) is 0 Å². The largest absolute Gasteiger partial charge is 0.362 e. The maximum atomic E-state index is 5.60. The summed E-state index contributed by atoms with van der Waals surface area (Å²) in [6.45, 7) is 6.68. The molecular weight excluding hydrogens is 176 g/mol. The van der Waals surface area contributed by atoms with E-state index in [9.17, 15) is 0 Å². The van der Waals surface area contributed by atoms with Crippen LogP contribution in [0.1, 0.15) is 26.5 Å². The van der Waals surface area contributed by atoms with Gasteiger partial charge in [0.1, 0.15) is 5.82 Å². The van der Waals surface area contributed by atoms with Gasteiger partial charge in [-0.2, -0.15) is 5.10 Å². The lowest BCUT2D eigenvalue weighted by molar-refractivity contribution is 0.575. The summed E-state index contributed by atoms with van der Waals surface area (Å²) in [4.78, 5) is 0. The molecule has 0 amide bonds. The van der Waals surface area contributed by atoms with Crippen molar-refractivity contribution in [2.24, 2.45) is 5.73 Å². The third-order valence-corrected chi connectivity index (χ3v) is 2.06. The molecule has 0 aliphatic carbocycles. The van der Waals surface area contributed by atoms with Gasteiger partial charge < -0.3 is 11.1 Å². The summed E-state index contributed by atoms with van der Waals surface area (Å²) in [6.07, 6.45) is 0.910. The minimum atomic E-state index is -0.136. The second-order valence-electron chi connectivity index (χ2n) is 3.98. The minimum absolute atomic E-state index is 0.136. The van der Waals surface area contributed by atoms with E-state index in [-0.39, 0.29) is 5.54 Å². The number of nitrogens with one attached hydrogen (secondary N) is 1. The minimum Gasteiger partial charge on any atom is -0.362 e. The summed E-state index contributed by atoms with van der Waals surface area (Å²) in [5.41, 5.74) is 6.46. The van der Waals surface area contributed by atoms with Gasteiger partial charge in [0.05, 0.1) is 5.69 Å². The molecule has 0 saturated heterocycles. The number of aryl methyl sites for hydroxylation is 1. The first-order chi connectivity index (χ1) is 6.57. The molecule has 1 aromatic rings. The predicted molar refractivity (Wildman–Crippen MR) is 58.2 cm³/mol. The second kappa shape index (κ2) is 4.37. The van der Waals surface area contributed by atoms with Crippen LogP contribution in [0, 0.1) is 0 Å². The van der Waals surface area contributed by atoms with Crippen molar-refractivity contribution in [3.8, 4) is 0 Å². The maximum absolute atomic E-state index is 5.60. The SMILES string of the molecule is CCc1ccc(NC(C)(C)CN)nn1. The quantitative estimate of drug-likeness (QED) is 0.755. The number of nitrogens with zero attached hydrogens (tertiary/aromatic N) is 2. The highest BCUT2D eigenvalue weighted by Crippen LogP contribution is 2.10. The molecule has 4 heteroatoms. The van der Waals surface area contributed by atoms with E-state index in [2.05, 4.69) is 22.4 Å². The molecule has 0 radical (unpaired) electrons. The third kappa shape index (κ3) is 2.96. The molecule has 0 saturated carbocycles. The van der Waals surface area contributed by atoms with Crippen LogP contribution in [0.4, 0.5) is 5.82 Å². The Morgan fingerprint density at radius 2 is 2.07 bits per heavy atom. The monoisotopic (exact) mass is 194 g/mol. The van der Waals surface area contributed by atoms with Gasteiger partial charge in [-0.3, -0.25) is 0 Å². The van der Waals surface area contributed by atoms with Gasteiger partial charge in [-0.1, -0.05) is 6.92 Å². The van der Waals surface area contributed by atoms with E-state index in [4.69, 9.17) is 5.73 Å². The normalized spacial score (nSPS) is 11.4. The van der Waals surface area contributed by atoms with Gasteiger partial charge >= 0.3 is 0 Å². The van der Waals surface area contributed by atoms with Crippen LogP contribution >= 0.6 is 0 Å². The zero-order valence-corrected chi connectivity index (χ0v) is 9.04. The number of anilines is 1.